The van der Waals surface area contributed by atoms with E-state index in [1.54, 1.807) is 0 Å². The molecule has 0 aromatic heterocycles. The van der Waals surface area contributed by atoms with Crippen LogP contribution in [0, 0.1) is 13.8 Å². The van der Waals surface area contributed by atoms with Gasteiger partial charge in [0.1, 0.15) is 0 Å². The average molecular weight is 260 g/mol. The van der Waals surface area contributed by atoms with Crippen molar-refractivity contribution < 1.29 is 4.79 Å². The van der Waals surface area contributed by atoms with E-state index in [9.17, 15) is 4.79 Å². The van der Waals surface area contributed by atoms with Gasteiger partial charge in [0, 0.05) is 24.2 Å². The van der Waals surface area contributed by atoms with E-state index in [-0.39, 0.29) is 11.4 Å². The lowest BCUT2D eigenvalue weighted by Crippen LogP contribution is -2.52. The summed E-state index contributed by atoms with van der Waals surface area (Å²) in [6.45, 7) is 8.25. The minimum atomic E-state index is -0.0711. The lowest BCUT2D eigenvalue weighted by molar-refractivity contribution is 0.0850. The molecule has 0 atom stereocenters. The summed E-state index contributed by atoms with van der Waals surface area (Å²) in [5, 5.41) is 3.25. The number of hydrogen-bond acceptors (Lipinski definition) is 2. The Labute approximate surface area is 116 Å². The van der Waals surface area contributed by atoms with Gasteiger partial charge in [0.2, 0.25) is 0 Å². The van der Waals surface area contributed by atoms with Gasteiger partial charge in [-0.15, -0.1) is 0 Å². The molecule has 19 heavy (non-hydrogen) atoms. The molecule has 1 aromatic rings. The number of nitrogens with one attached hydrogen (secondary N) is 1. The number of piperidine rings is 1. The standard InChI is InChI=1S/C16H24N2O/c1-12-6-5-7-13(2)14(12)15(19)17-16(3)8-10-18(4)11-9-16/h5-7H,8-11H2,1-4H3,(H,17,19). The summed E-state index contributed by atoms with van der Waals surface area (Å²) in [6.07, 6.45) is 2.03. The van der Waals surface area contributed by atoms with Gasteiger partial charge in [-0.3, -0.25) is 4.79 Å². The van der Waals surface area contributed by atoms with Crippen molar-refractivity contribution in [1.29, 1.82) is 0 Å². The minimum Gasteiger partial charge on any atom is -0.347 e. The highest BCUT2D eigenvalue weighted by Crippen LogP contribution is 2.22. The van der Waals surface area contributed by atoms with Crippen LogP contribution in [0.4, 0.5) is 0 Å². The summed E-state index contributed by atoms with van der Waals surface area (Å²) < 4.78 is 0. The third-order valence-electron chi connectivity index (χ3n) is 4.21. The van der Waals surface area contributed by atoms with Crippen LogP contribution in [0.5, 0.6) is 0 Å². The lowest BCUT2D eigenvalue weighted by Gasteiger charge is -2.38. The van der Waals surface area contributed by atoms with E-state index in [2.05, 4.69) is 24.2 Å². The Morgan fingerprint density at radius 1 is 1.21 bits per heavy atom. The maximum atomic E-state index is 12.5. The van der Waals surface area contributed by atoms with Gasteiger partial charge in [-0.1, -0.05) is 18.2 Å². The van der Waals surface area contributed by atoms with E-state index in [1.807, 2.05) is 32.0 Å². The van der Waals surface area contributed by atoms with E-state index >= 15 is 0 Å². The van der Waals surface area contributed by atoms with Crippen LogP contribution in [-0.2, 0) is 0 Å². The van der Waals surface area contributed by atoms with Crippen LogP contribution in [0.3, 0.4) is 0 Å². The fourth-order valence-electron chi connectivity index (χ4n) is 2.75. The molecule has 1 aliphatic heterocycles. The summed E-state index contributed by atoms with van der Waals surface area (Å²) in [7, 11) is 2.13. The van der Waals surface area contributed by atoms with Gasteiger partial charge in [0.05, 0.1) is 0 Å². The Hall–Kier alpha value is -1.35. The molecule has 1 amide bonds. The molecule has 0 saturated carbocycles. The third kappa shape index (κ3) is 3.16. The maximum absolute atomic E-state index is 12.5. The van der Waals surface area contributed by atoms with Crippen LogP contribution in [0.25, 0.3) is 0 Å². The largest absolute Gasteiger partial charge is 0.347 e. The van der Waals surface area contributed by atoms with E-state index in [0.29, 0.717) is 0 Å². The van der Waals surface area contributed by atoms with Gasteiger partial charge in [0.15, 0.2) is 0 Å². The number of aryl methyl sites for hydroxylation is 2. The maximum Gasteiger partial charge on any atom is 0.252 e. The topological polar surface area (TPSA) is 32.3 Å². The number of carbonyl (C=O) groups excluding carboxylic acids is 1. The summed E-state index contributed by atoms with van der Waals surface area (Å²) >= 11 is 0. The van der Waals surface area contributed by atoms with E-state index in [1.165, 1.54) is 0 Å². The SMILES string of the molecule is Cc1cccc(C)c1C(=O)NC1(C)CCN(C)CC1. The fourth-order valence-corrected chi connectivity index (χ4v) is 2.75. The Kier molecular flexibility index (Phi) is 3.95. The van der Waals surface area contributed by atoms with Crippen molar-refractivity contribution >= 4 is 5.91 Å². The number of hydrogen-bond donors (Lipinski definition) is 1. The van der Waals surface area contributed by atoms with Gasteiger partial charge in [-0.05, 0) is 51.8 Å². The molecule has 1 aliphatic rings. The van der Waals surface area contributed by atoms with Crippen LogP contribution in [0.15, 0.2) is 18.2 Å². The predicted octanol–water partition coefficient (Wildman–Crippen LogP) is 2.52. The molecule has 0 spiro atoms. The molecule has 1 heterocycles. The van der Waals surface area contributed by atoms with Crippen molar-refractivity contribution in [2.75, 3.05) is 20.1 Å². The Balaban J connectivity index is 2.13. The van der Waals surface area contributed by atoms with Crippen molar-refractivity contribution in [3.63, 3.8) is 0 Å². The van der Waals surface area contributed by atoms with Crippen LogP contribution >= 0.6 is 0 Å². The van der Waals surface area contributed by atoms with Crippen molar-refractivity contribution in [1.82, 2.24) is 10.2 Å². The van der Waals surface area contributed by atoms with Crippen molar-refractivity contribution in [3.8, 4) is 0 Å². The van der Waals surface area contributed by atoms with Crippen LogP contribution in [0.2, 0.25) is 0 Å². The molecule has 3 heteroatoms. The van der Waals surface area contributed by atoms with Gasteiger partial charge in [0.25, 0.3) is 5.91 Å². The normalized spacial score (nSPS) is 19.2. The van der Waals surface area contributed by atoms with E-state index in [0.717, 1.165) is 42.6 Å². The first-order chi connectivity index (χ1) is 8.91. The van der Waals surface area contributed by atoms with Gasteiger partial charge < -0.3 is 10.2 Å². The van der Waals surface area contributed by atoms with Crippen molar-refractivity contribution in [3.05, 3.63) is 34.9 Å². The molecule has 0 aliphatic carbocycles. The van der Waals surface area contributed by atoms with Crippen LogP contribution in [0.1, 0.15) is 41.3 Å². The Bertz CT molecular complexity index is 453. The number of amides is 1. The van der Waals surface area contributed by atoms with E-state index < -0.39 is 0 Å². The van der Waals surface area contributed by atoms with Crippen LogP contribution < -0.4 is 5.32 Å². The molecular weight excluding hydrogens is 236 g/mol. The lowest BCUT2D eigenvalue weighted by atomic mass is 9.89. The molecule has 1 fully saturated rings. The summed E-state index contributed by atoms with van der Waals surface area (Å²) in [5.74, 6) is 0.0719. The second-order valence-electron chi connectivity index (χ2n) is 6.08. The number of nitrogens with zero attached hydrogens (tertiary/aromatic N) is 1. The molecule has 0 unspecified atom stereocenters. The number of likely N-dealkylation sites (tertiary alicyclic amines) is 1. The first-order valence-corrected chi connectivity index (χ1v) is 6.98. The minimum absolute atomic E-state index is 0.0711. The first kappa shape index (κ1) is 14.1. The molecule has 1 saturated heterocycles. The second-order valence-corrected chi connectivity index (χ2v) is 6.08. The number of benzene rings is 1. The van der Waals surface area contributed by atoms with Gasteiger partial charge >= 0.3 is 0 Å². The fraction of sp³-hybridized carbons (Fsp3) is 0.562. The average Bonchev–Trinajstić information content (AvgIpc) is 2.33. The van der Waals surface area contributed by atoms with Crippen molar-refractivity contribution in [2.45, 2.75) is 39.2 Å². The highest BCUT2D eigenvalue weighted by molar-refractivity contribution is 5.97. The molecule has 1 N–H and O–H groups in total. The quantitative estimate of drug-likeness (QED) is 0.886. The highest BCUT2D eigenvalue weighted by atomic mass is 16.1. The first-order valence-electron chi connectivity index (χ1n) is 6.98. The zero-order valence-corrected chi connectivity index (χ0v) is 12.4. The molecule has 3 nitrogen and oxygen atoms in total. The van der Waals surface area contributed by atoms with Gasteiger partial charge in [-0.2, -0.15) is 0 Å². The number of carbonyl (C=O) groups is 1. The van der Waals surface area contributed by atoms with Crippen molar-refractivity contribution in [2.24, 2.45) is 0 Å². The monoisotopic (exact) mass is 260 g/mol. The van der Waals surface area contributed by atoms with Gasteiger partial charge in [-0.25, -0.2) is 0 Å². The molecule has 0 radical (unpaired) electrons. The predicted molar refractivity (Wildman–Crippen MR) is 78.5 cm³/mol. The van der Waals surface area contributed by atoms with E-state index in [4.69, 9.17) is 0 Å². The van der Waals surface area contributed by atoms with Crippen LogP contribution in [-0.4, -0.2) is 36.5 Å². The zero-order chi connectivity index (χ0) is 14.0. The highest BCUT2D eigenvalue weighted by Gasteiger charge is 2.31. The summed E-state index contributed by atoms with van der Waals surface area (Å²) in [6, 6.07) is 6.00. The molecule has 1 aromatic carbocycles. The molecule has 104 valence electrons. The smallest absolute Gasteiger partial charge is 0.252 e. The third-order valence-corrected chi connectivity index (χ3v) is 4.21. The summed E-state index contributed by atoms with van der Waals surface area (Å²) in [4.78, 5) is 14.8. The Morgan fingerprint density at radius 2 is 1.74 bits per heavy atom. The number of rotatable bonds is 2. The molecule has 0 bridgehead atoms. The Morgan fingerprint density at radius 3 is 2.26 bits per heavy atom. The summed E-state index contributed by atoms with van der Waals surface area (Å²) in [5.41, 5.74) is 2.86. The zero-order valence-electron chi connectivity index (χ0n) is 12.4. The second kappa shape index (κ2) is 5.33. The molecule has 2 rings (SSSR count). The molecular formula is C16H24N2O.